The Hall–Kier alpha value is -1.38. The van der Waals surface area contributed by atoms with Gasteiger partial charge >= 0.3 is 0 Å². The molecule has 0 saturated heterocycles. The Morgan fingerprint density at radius 1 is 1.23 bits per heavy atom. The Bertz CT molecular complexity index is 308. The van der Waals surface area contributed by atoms with Gasteiger partial charge in [-0.05, 0) is 30.9 Å². The molecule has 13 heavy (non-hydrogen) atoms. The van der Waals surface area contributed by atoms with E-state index in [2.05, 4.69) is 0 Å². The molecule has 0 unspecified atom stereocenters. The number of anilines is 2. The molecule has 0 heterocycles. The maximum atomic E-state index is 5.64. The second-order valence-corrected chi connectivity index (χ2v) is 3.55. The van der Waals surface area contributed by atoms with Gasteiger partial charge in [-0.1, -0.05) is 0 Å². The van der Waals surface area contributed by atoms with E-state index in [4.69, 9.17) is 16.2 Å². The van der Waals surface area contributed by atoms with Crippen molar-refractivity contribution in [2.75, 3.05) is 18.1 Å². The molecule has 1 saturated carbocycles. The molecule has 2 rings (SSSR count). The normalized spacial score (nSPS) is 15.7. The van der Waals surface area contributed by atoms with Gasteiger partial charge in [0, 0.05) is 6.07 Å². The van der Waals surface area contributed by atoms with Crippen LogP contribution in [0.1, 0.15) is 12.8 Å². The molecule has 0 aromatic heterocycles. The summed E-state index contributed by atoms with van der Waals surface area (Å²) in [6.45, 7) is 0.809. The zero-order valence-electron chi connectivity index (χ0n) is 7.49. The van der Waals surface area contributed by atoms with Crippen LogP contribution in [0.2, 0.25) is 0 Å². The van der Waals surface area contributed by atoms with Crippen LogP contribution < -0.4 is 16.2 Å². The molecule has 0 aliphatic heterocycles. The third-order valence-electron chi connectivity index (χ3n) is 2.24. The van der Waals surface area contributed by atoms with Gasteiger partial charge in [0.1, 0.15) is 5.75 Å². The minimum Gasteiger partial charge on any atom is -0.493 e. The first kappa shape index (κ1) is 8.23. The third-order valence-corrected chi connectivity index (χ3v) is 2.24. The van der Waals surface area contributed by atoms with Gasteiger partial charge < -0.3 is 16.2 Å². The molecule has 0 spiro atoms. The van der Waals surface area contributed by atoms with Crippen LogP contribution in [0.5, 0.6) is 5.75 Å². The molecule has 1 aliphatic carbocycles. The summed E-state index contributed by atoms with van der Waals surface area (Å²) in [6, 6.07) is 5.41. The molecule has 1 fully saturated rings. The summed E-state index contributed by atoms with van der Waals surface area (Å²) < 4.78 is 5.53. The predicted octanol–water partition coefficient (Wildman–Crippen LogP) is 1.64. The van der Waals surface area contributed by atoms with Gasteiger partial charge in [0.15, 0.2) is 0 Å². The minimum absolute atomic E-state index is 0.591. The molecule has 0 atom stereocenters. The van der Waals surface area contributed by atoms with Crippen molar-refractivity contribution in [2.45, 2.75) is 12.8 Å². The Morgan fingerprint density at radius 3 is 2.62 bits per heavy atom. The van der Waals surface area contributed by atoms with Gasteiger partial charge in [-0.3, -0.25) is 0 Å². The van der Waals surface area contributed by atoms with Crippen LogP contribution in [-0.4, -0.2) is 6.61 Å². The molecule has 3 heteroatoms. The second kappa shape index (κ2) is 3.17. The van der Waals surface area contributed by atoms with Gasteiger partial charge in [-0.15, -0.1) is 0 Å². The summed E-state index contributed by atoms with van der Waals surface area (Å²) in [5.41, 5.74) is 12.4. The molecule has 0 amide bonds. The van der Waals surface area contributed by atoms with Crippen LogP contribution in [0, 0.1) is 5.92 Å². The number of nitrogens with two attached hydrogens (primary N) is 2. The largest absolute Gasteiger partial charge is 0.493 e. The van der Waals surface area contributed by atoms with E-state index in [-0.39, 0.29) is 0 Å². The van der Waals surface area contributed by atoms with Gasteiger partial charge in [0.2, 0.25) is 0 Å². The van der Waals surface area contributed by atoms with Gasteiger partial charge in [0.05, 0.1) is 18.0 Å². The number of benzene rings is 1. The zero-order valence-corrected chi connectivity index (χ0v) is 7.49. The van der Waals surface area contributed by atoms with Crippen LogP contribution in [0.15, 0.2) is 18.2 Å². The van der Waals surface area contributed by atoms with Crippen molar-refractivity contribution in [3.8, 4) is 5.75 Å². The highest BCUT2D eigenvalue weighted by molar-refractivity contribution is 5.65. The SMILES string of the molecule is Nc1ccc(OCC2CC2)cc1N. The Kier molecular flexibility index (Phi) is 2.00. The minimum atomic E-state index is 0.591. The Labute approximate surface area is 77.7 Å². The summed E-state index contributed by atoms with van der Waals surface area (Å²) in [7, 11) is 0. The molecule has 4 N–H and O–H groups in total. The van der Waals surface area contributed by atoms with Crippen LogP contribution in [0.3, 0.4) is 0 Å². The lowest BCUT2D eigenvalue weighted by Gasteiger charge is -2.06. The van der Waals surface area contributed by atoms with Gasteiger partial charge in [-0.25, -0.2) is 0 Å². The average molecular weight is 178 g/mol. The fourth-order valence-corrected chi connectivity index (χ4v) is 1.14. The van der Waals surface area contributed by atoms with E-state index in [0.717, 1.165) is 18.3 Å². The van der Waals surface area contributed by atoms with E-state index in [0.29, 0.717) is 11.4 Å². The highest BCUT2D eigenvalue weighted by Gasteiger charge is 2.21. The quantitative estimate of drug-likeness (QED) is 0.692. The molecule has 0 radical (unpaired) electrons. The average Bonchev–Trinajstić information content (AvgIpc) is 2.91. The smallest absolute Gasteiger partial charge is 0.121 e. The highest BCUT2D eigenvalue weighted by atomic mass is 16.5. The molecular formula is C10H14N2O. The van der Waals surface area contributed by atoms with Gasteiger partial charge in [-0.2, -0.15) is 0 Å². The maximum Gasteiger partial charge on any atom is 0.121 e. The Balaban J connectivity index is 1.98. The molecule has 1 aromatic carbocycles. The molecule has 1 aliphatic rings. The first-order valence-electron chi connectivity index (χ1n) is 4.53. The number of hydrogen-bond acceptors (Lipinski definition) is 3. The predicted molar refractivity (Wildman–Crippen MR) is 53.5 cm³/mol. The first-order chi connectivity index (χ1) is 6.25. The lowest BCUT2D eigenvalue weighted by molar-refractivity contribution is 0.300. The van der Waals surface area contributed by atoms with Crippen LogP contribution in [0.25, 0.3) is 0 Å². The fourth-order valence-electron chi connectivity index (χ4n) is 1.14. The van der Waals surface area contributed by atoms with E-state index < -0.39 is 0 Å². The maximum absolute atomic E-state index is 5.64. The lowest BCUT2D eigenvalue weighted by Crippen LogP contribution is -2.00. The second-order valence-electron chi connectivity index (χ2n) is 3.55. The van der Waals surface area contributed by atoms with E-state index in [1.54, 1.807) is 12.1 Å². The summed E-state index contributed by atoms with van der Waals surface area (Å²) in [4.78, 5) is 0. The molecule has 70 valence electrons. The van der Waals surface area contributed by atoms with Crippen molar-refractivity contribution < 1.29 is 4.74 Å². The number of nitrogen functional groups attached to an aromatic ring is 2. The van der Waals surface area contributed by atoms with Crippen molar-refractivity contribution in [3.63, 3.8) is 0 Å². The van der Waals surface area contributed by atoms with Crippen molar-refractivity contribution in [1.82, 2.24) is 0 Å². The zero-order chi connectivity index (χ0) is 9.26. The van der Waals surface area contributed by atoms with Crippen molar-refractivity contribution in [1.29, 1.82) is 0 Å². The lowest BCUT2D eigenvalue weighted by atomic mass is 10.2. The van der Waals surface area contributed by atoms with Crippen LogP contribution >= 0.6 is 0 Å². The highest BCUT2D eigenvalue weighted by Crippen LogP contribution is 2.30. The molecule has 0 bridgehead atoms. The topological polar surface area (TPSA) is 61.3 Å². The number of hydrogen-bond donors (Lipinski definition) is 2. The third kappa shape index (κ3) is 2.05. The van der Waals surface area contributed by atoms with Crippen molar-refractivity contribution in [2.24, 2.45) is 5.92 Å². The molecular weight excluding hydrogens is 164 g/mol. The van der Waals surface area contributed by atoms with Gasteiger partial charge in [0.25, 0.3) is 0 Å². The summed E-state index contributed by atoms with van der Waals surface area (Å²) in [6.07, 6.45) is 2.59. The standard InChI is InChI=1S/C10H14N2O/c11-9-4-3-8(5-10(9)12)13-6-7-1-2-7/h3-5,7H,1-2,6,11-12H2. The summed E-state index contributed by atoms with van der Waals surface area (Å²) >= 11 is 0. The number of rotatable bonds is 3. The summed E-state index contributed by atoms with van der Waals surface area (Å²) in [5, 5.41) is 0. The molecule has 3 nitrogen and oxygen atoms in total. The Morgan fingerprint density at radius 2 is 2.00 bits per heavy atom. The first-order valence-corrected chi connectivity index (χ1v) is 4.53. The monoisotopic (exact) mass is 178 g/mol. The van der Waals surface area contributed by atoms with E-state index >= 15 is 0 Å². The fraction of sp³-hybridized carbons (Fsp3) is 0.400. The molecule has 1 aromatic rings. The van der Waals surface area contributed by atoms with E-state index in [9.17, 15) is 0 Å². The van der Waals surface area contributed by atoms with Crippen LogP contribution in [-0.2, 0) is 0 Å². The van der Waals surface area contributed by atoms with Crippen molar-refractivity contribution in [3.05, 3.63) is 18.2 Å². The van der Waals surface area contributed by atoms with E-state index in [1.807, 2.05) is 6.07 Å². The van der Waals surface area contributed by atoms with Crippen molar-refractivity contribution >= 4 is 11.4 Å². The number of ether oxygens (including phenoxy) is 1. The van der Waals surface area contributed by atoms with Crippen LogP contribution in [0.4, 0.5) is 11.4 Å². The summed E-state index contributed by atoms with van der Waals surface area (Å²) in [5.74, 6) is 1.58. The van der Waals surface area contributed by atoms with E-state index in [1.165, 1.54) is 12.8 Å².